The van der Waals surface area contributed by atoms with E-state index in [9.17, 15) is 0 Å². The predicted octanol–water partition coefficient (Wildman–Crippen LogP) is 3.99. The Morgan fingerprint density at radius 2 is 2.24 bits per heavy atom. The molecule has 0 spiro atoms. The smallest absolute Gasteiger partial charge is 0.0474 e. The third kappa shape index (κ3) is 4.22. The Labute approximate surface area is 105 Å². The summed E-state index contributed by atoms with van der Waals surface area (Å²) in [6.45, 7) is 13.3. The summed E-state index contributed by atoms with van der Waals surface area (Å²) in [4.78, 5) is 0. The predicted molar refractivity (Wildman–Crippen MR) is 75.9 cm³/mol. The van der Waals surface area contributed by atoms with E-state index in [4.69, 9.17) is 0 Å². The largest absolute Gasteiger partial charge is 0.273 e. The van der Waals surface area contributed by atoms with Gasteiger partial charge in [-0.25, -0.2) is 0 Å². The molecule has 1 rings (SSSR count). The van der Waals surface area contributed by atoms with E-state index in [1.54, 1.807) is 12.4 Å². The van der Waals surface area contributed by atoms with Gasteiger partial charge in [0.1, 0.15) is 0 Å². The second-order valence-corrected chi connectivity index (χ2v) is 5.44. The van der Waals surface area contributed by atoms with Gasteiger partial charge < -0.3 is 0 Å². The summed E-state index contributed by atoms with van der Waals surface area (Å²) < 4.78 is 0. The molecule has 2 heteroatoms. The Kier molecular flexibility index (Phi) is 4.73. The van der Waals surface area contributed by atoms with E-state index in [1.165, 1.54) is 5.57 Å². The summed E-state index contributed by atoms with van der Waals surface area (Å²) in [6.07, 6.45) is 11.6. The molecule has 0 N–H and O–H groups in total. The van der Waals surface area contributed by atoms with Gasteiger partial charge in [0.2, 0.25) is 0 Å². The zero-order chi connectivity index (χ0) is 12.9. The molecule has 0 aromatic carbocycles. The first-order valence-electron chi connectivity index (χ1n) is 6.24. The van der Waals surface area contributed by atoms with E-state index in [2.05, 4.69) is 50.7 Å². The standard InChI is InChI=1S/C15H24N2/c1-6-16-17(7-2)12-13-8-10-14(11-9-13)15(3,4)5/h6-8,10-11,13H,2,9,12H2,1,3-5H3/b16-6-. The second-order valence-electron chi connectivity index (χ2n) is 5.44. The van der Waals surface area contributed by atoms with Crippen molar-refractivity contribution in [2.75, 3.05) is 6.54 Å². The van der Waals surface area contributed by atoms with Crippen molar-refractivity contribution in [3.8, 4) is 0 Å². The van der Waals surface area contributed by atoms with Crippen LogP contribution in [0.3, 0.4) is 0 Å². The van der Waals surface area contributed by atoms with Crippen molar-refractivity contribution in [2.45, 2.75) is 34.1 Å². The molecule has 0 radical (unpaired) electrons. The maximum absolute atomic E-state index is 4.24. The van der Waals surface area contributed by atoms with E-state index in [0.717, 1.165) is 13.0 Å². The fourth-order valence-electron chi connectivity index (χ4n) is 1.91. The number of hydrogen-bond donors (Lipinski definition) is 0. The fraction of sp³-hybridized carbons (Fsp3) is 0.533. The van der Waals surface area contributed by atoms with Crippen LogP contribution in [0.5, 0.6) is 0 Å². The van der Waals surface area contributed by atoms with Gasteiger partial charge in [0.15, 0.2) is 0 Å². The molecular weight excluding hydrogens is 208 g/mol. The zero-order valence-electron chi connectivity index (χ0n) is 11.5. The molecule has 0 bridgehead atoms. The molecule has 1 atom stereocenters. The minimum atomic E-state index is 0.251. The normalized spacial score (nSPS) is 20.5. The van der Waals surface area contributed by atoms with Crippen molar-refractivity contribution >= 4 is 6.21 Å². The van der Waals surface area contributed by atoms with Crippen LogP contribution in [0, 0.1) is 11.3 Å². The first kappa shape index (κ1) is 13.8. The lowest BCUT2D eigenvalue weighted by Gasteiger charge is -2.26. The van der Waals surface area contributed by atoms with Crippen LogP contribution in [0.2, 0.25) is 0 Å². The molecule has 1 aliphatic rings. The van der Waals surface area contributed by atoms with Crippen LogP contribution < -0.4 is 0 Å². The molecule has 0 aliphatic heterocycles. The van der Waals surface area contributed by atoms with Gasteiger partial charge in [-0.2, -0.15) is 5.10 Å². The summed E-state index contributed by atoms with van der Waals surface area (Å²) in [5.74, 6) is 0.530. The Morgan fingerprint density at radius 1 is 1.53 bits per heavy atom. The maximum atomic E-state index is 4.24. The van der Waals surface area contributed by atoms with E-state index >= 15 is 0 Å². The molecule has 0 saturated carbocycles. The molecule has 0 aromatic rings. The van der Waals surface area contributed by atoms with Gasteiger partial charge in [-0.1, -0.05) is 45.6 Å². The zero-order valence-corrected chi connectivity index (χ0v) is 11.5. The lowest BCUT2D eigenvalue weighted by atomic mass is 9.81. The molecule has 0 fully saturated rings. The van der Waals surface area contributed by atoms with Crippen LogP contribution in [-0.4, -0.2) is 17.8 Å². The molecule has 17 heavy (non-hydrogen) atoms. The average Bonchev–Trinajstić information content (AvgIpc) is 2.28. The molecule has 0 aromatic heterocycles. The van der Waals surface area contributed by atoms with Gasteiger partial charge in [0.05, 0.1) is 0 Å². The van der Waals surface area contributed by atoms with Crippen molar-refractivity contribution in [3.63, 3.8) is 0 Å². The summed E-state index contributed by atoms with van der Waals surface area (Å²) in [7, 11) is 0. The minimum Gasteiger partial charge on any atom is -0.273 e. The van der Waals surface area contributed by atoms with Crippen molar-refractivity contribution in [3.05, 3.63) is 36.6 Å². The van der Waals surface area contributed by atoms with E-state index < -0.39 is 0 Å². The Bertz CT molecular complexity index is 342. The SMILES string of the molecule is C=CN(CC1C=CC(C(C)(C)C)=CC1)/N=C\C. The van der Waals surface area contributed by atoms with Crippen molar-refractivity contribution < 1.29 is 0 Å². The molecule has 2 nitrogen and oxygen atoms in total. The lowest BCUT2D eigenvalue weighted by molar-refractivity contribution is 0.351. The minimum absolute atomic E-state index is 0.251. The van der Waals surface area contributed by atoms with Crippen molar-refractivity contribution in [1.82, 2.24) is 5.01 Å². The van der Waals surface area contributed by atoms with Crippen LogP contribution in [0.25, 0.3) is 0 Å². The summed E-state index contributed by atoms with van der Waals surface area (Å²) in [5.41, 5.74) is 1.68. The highest BCUT2D eigenvalue weighted by Gasteiger charge is 2.18. The highest BCUT2D eigenvalue weighted by atomic mass is 15.4. The molecule has 1 unspecified atom stereocenters. The monoisotopic (exact) mass is 232 g/mol. The third-order valence-electron chi connectivity index (χ3n) is 2.95. The van der Waals surface area contributed by atoms with Crippen LogP contribution in [0.15, 0.2) is 41.7 Å². The lowest BCUT2D eigenvalue weighted by Crippen LogP contribution is -2.21. The highest BCUT2D eigenvalue weighted by Crippen LogP contribution is 2.30. The van der Waals surface area contributed by atoms with Gasteiger partial charge in [-0.05, 0) is 24.3 Å². The Hall–Kier alpha value is -1.31. The first-order valence-corrected chi connectivity index (χ1v) is 6.24. The average molecular weight is 232 g/mol. The summed E-state index contributed by atoms with van der Waals surface area (Å²) >= 11 is 0. The van der Waals surface area contributed by atoms with Crippen LogP contribution >= 0.6 is 0 Å². The van der Waals surface area contributed by atoms with Crippen molar-refractivity contribution in [1.29, 1.82) is 0 Å². The second kappa shape index (κ2) is 5.85. The highest BCUT2D eigenvalue weighted by molar-refractivity contribution is 5.52. The van der Waals surface area contributed by atoms with Gasteiger partial charge in [0, 0.05) is 24.9 Å². The quantitative estimate of drug-likeness (QED) is 0.528. The third-order valence-corrected chi connectivity index (χ3v) is 2.95. The van der Waals surface area contributed by atoms with Crippen molar-refractivity contribution in [2.24, 2.45) is 16.4 Å². The number of allylic oxidation sites excluding steroid dienone is 3. The molecule has 0 saturated heterocycles. The molecule has 94 valence electrons. The van der Waals surface area contributed by atoms with E-state index in [1.807, 2.05) is 11.9 Å². The molecule has 1 aliphatic carbocycles. The van der Waals surface area contributed by atoms with Crippen LogP contribution in [-0.2, 0) is 0 Å². The Balaban J connectivity index is 2.56. The summed E-state index contributed by atoms with van der Waals surface area (Å²) in [5, 5.41) is 6.13. The van der Waals surface area contributed by atoms with Gasteiger partial charge in [-0.3, -0.25) is 5.01 Å². The van der Waals surface area contributed by atoms with Gasteiger partial charge >= 0.3 is 0 Å². The summed E-state index contributed by atoms with van der Waals surface area (Å²) in [6, 6.07) is 0. The number of nitrogens with zero attached hydrogens (tertiary/aromatic N) is 2. The number of hydrogen-bond acceptors (Lipinski definition) is 2. The Morgan fingerprint density at radius 3 is 2.65 bits per heavy atom. The first-order chi connectivity index (χ1) is 7.97. The molecule has 0 heterocycles. The van der Waals surface area contributed by atoms with E-state index in [0.29, 0.717) is 5.92 Å². The van der Waals surface area contributed by atoms with Crippen LogP contribution in [0.1, 0.15) is 34.1 Å². The van der Waals surface area contributed by atoms with Gasteiger partial charge in [-0.15, -0.1) is 0 Å². The fourth-order valence-corrected chi connectivity index (χ4v) is 1.91. The molecular formula is C15H24N2. The number of rotatable bonds is 4. The molecule has 0 amide bonds. The topological polar surface area (TPSA) is 15.6 Å². The maximum Gasteiger partial charge on any atom is 0.0474 e. The van der Waals surface area contributed by atoms with Crippen LogP contribution in [0.4, 0.5) is 0 Å². The van der Waals surface area contributed by atoms with E-state index in [-0.39, 0.29) is 5.41 Å². The van der Waals surface area contributed by atoms with Gasteiger partial charge in [0.25, 0.3) is 0 Å². The number of hydrazone groups is 1.